The number of ketones is 1. The molecule has 0 N–H and O–H groups in total. The monoisotopic (exact) mass is 445 g/mol. The second-order valence-corrected chi connectivity index (χ2v) is 6.84. The van der Waals surface area contributed by atoms with Crippen molar-refractivity contribution >= 4 is 54.9 Å². The number of nitrogens with zero attached hydrogens (tertiary/aromatic N) is 1. The first-order valence-electron chi connectivity index (χ1n) is 6.23. The predicted molar refractivity (Wildman–Crippen MR) is 93.3 cm³/mol. The summed E-state index contributed by atoms with van der Waals surface area (Å²) in [4.78, 5) is 22.0. The van der Waals surface area contributed by atoms with Crippen molar-refractivity contribution in [3.8, 4) is 0 Å². The van der Waals surface area contributed by atoms with Crippen molar-refractivity contribution in [3.63, 3.8) is 0 Å². The number of carbonyl (C=O) groups excluding carboxylic acids is 1. The Morgan fingerprint density at radius 3 is 2.32 bits per heavy atom. The summed E-state index contributed by atoms with van der Waals surface area (Å²) in [7, 11) is 0. The summed E-state index contributed by atoms with van der Waals surface area (Å²) in [5.74, 6) is -0.380. The summed E-state index contributed by atoms with van der Waals surface area (Å²) >= 11 is 12.9. The van der Waals surface area contributed by atoms with Gasteiger partial charge in [0.25, 0.3) is 5.69 Å². The number of nitro groups is 1. The minimum Gasteiger partial charge on any atom is -0.293 e. The Hall–Kier alpha value is -1.24. The number of hydrogen-bond donors (Lipinski definition) is 0. The zero-order chi connectivity index (χ0) is 16.3. The van der Waals surface area contributed by atoms with Crippen LogP contribution < -0.4 is 0 Å². The van der Waals surface area contributed by atoms with Crippen LogP contribution in [0.3, 0.4) is 0 Å². The molecule has 0 aliphatic rings. The molecule has 2 atom stereocenters. The van der Waals surface area contributed by atoms with Gasteiger partial charge in [-0.15, -0.1) is 0 Å². The maximum atomic E-state index is 12.6. The van der Waals surface area contributed by atoms with Crippen molar-refractivity contribution in [2.75, 3.05) is 0 Å². The molecule has 2 aromatic carbocycles. The molecule has 0 saturated heterocycles. The van der Waals surface area contributed by atoms with Crippen LogP contribution >= 0.6 is 43.5 Å². The number of nitro benzene ring substituents is 1. The molecule has 0 aromatic heterocycles. The molecule has 0 spiro atoms. The van der Waals surface area contributed by atoms with E-state index in [0.29, 0.717) is 5.02 Å². The molecule has 22 heavy (non-hydrogen) atoms. The molecule has 2 rings (SSSR count). The fraction of sp³-hybridized carbons (Fsp3) is 0.133. The highest BCUT2D eigenvalue weighted by molar-refractivity contribution is 9.12. The van der Waals surface area contributed by atoms with E-state index in [1.807, 2.05) is 6.07 Å². The van der Waals surface area contributed by atoms with E-state index < -0.39 is 14.6 Å². The van der Waals surface area contributed by atoms with Crippen molar-refractivity contribution in [2.45, 2.75) is 9.65 Å². The smallest absolute Gasteiger partial charge is 0.280 e. The van der Waals surface area contributed by atoms with Crippen LogP contribution in [0, 0.1) is 10.1 Å². The van der Waals surface area contributed by atoms with Crippen molar-refractivity contribution in [1.29, 1.82) is 0 Å². The van der Waals surface area contributed by atoms with Gasteiger partial charge in [0, 0.05) is 11.1 Å². The zero-order valence-corrected chi connectivity index (χ0v) is 15.0. The molecule has 0 unspecified atom stereocenters. The van der Waals surface area contributed by atoms with Crippen LogP contribution in [0.1, 0.15) is 20.7 Å². The lowest BCUT2D eigenvalue weighted by Gasteiger charge is -2.17. The number of halogens is 3. The molecule has 0 saturated carbocycles. The second kappa shape index (κ2) is 7.35. The highest BCUT2D eigenvalue weighted by Crippen LogP contribution is 2.37. The molecule has 0 heterocycles. The number of benzene rings is 2. The fourth-order valence-electron chi connectivity index (χ4n) is 1.98. The average molecular weight is 448 g/mol. The van der Waals surface area contributed by atoms with Crippen molar-refractivity contribution in [2.24, 2.45) is 0 Å². The van der Waals surface area contributed by atoms with Gasteiger partial charge < -0.3 is 0 Å². The highest BCUT2D eigenvalue weighted by atomic mass is 79.9. The van der Waals surface area contributed by atoms with Crippen LogP contribution in [-0.4, -0.2) is 15.5 Å². The number of para-hydroxylation sites is 1. The summed E-state index contributed by atoms with van der Waals surface area (Å²) in [5.41, 5.74) is 0.583. The molecule has 0 aliphatic heterocycles. The summed E-state index contributed by atoms with van der Waals surface area (Å²) in [5, 5.41) is 11.6. The SMILES string of the molecule is O=C(c1ccccc1[N+](=O)[O-])[C@H](Br)[C@H](Br)c1ccccc1Cl. The molecular weight excluding hydrogens is 437 g/mol. The molecule has 0 amide bonds. The average Bonchev–Trinajstić information content (AvgIpc) is 2.53. The standard InChI is InChI=1S/C15H10Br2ClNO3/c16-13(9-5-1-3-7-11(9)18)14(17)15(20)10-6-2-4-8-12(10)19(21)22/h1-8,13-14H/t13-,14-/m1/s1. The van der Waals surface area contributed by atoms with Crippen LogP contribution in [-0.2, 0) is 0 Å². The number of carbonyl (C=O) groups is 1. The summed E-state index contributed by atoms with van der Waals surface area (Å²) in [6.45, 7) is 0. The predicted octanol–water partition coefficient (Wildman–Crippen LogP) is 5.33. The van der Waals surface area contributed by atoms with Gasteiger partial charge in [0.1, 0.15) is 0 Å². The van der Waals surface area contributed by atoms with Crippen LogP contribution in [0.25, 0.3) is 0 Å². The molecule has 0 fully saturated rings. The fourth-order valence-corrected chi connectivity index (χ4v) is 3.53. The van der Waals surface area contributed by atoms with Crippen molar-refractivity contribution in [3.05, 3.63) is 74.8 Å². The summed E-state index contributed by atoms with van der Waals surface area (Å²) < 4.78 is 0. The lowest BCUT2D eigenvalue weighted by atomic mass is 10.0. The maximum Gasteiger partial charge on any atom is 0.280 e. The third-order valence-corrected chi connectivity index (χ3v) is 6.10. The largest absolute Gasteiger partial charge is 0.293 e. The van der Waals surface area contributed by atoms with E-state index in [1.54, 1.807) is 24.3 Å². The number of hydrogen-bond acceptors (Lipinski definition) is 3. The van der Waals surface area contributed by atoms with Crippen LogP contribution in [0.4, 0.5) is 5.69 Å². The molecule has 2 aromatic rings. The minimum atomic E-state index is -0.687. The summed E-state index contributed by atoms with van der Waals surface area (Å²) in [6.07, 6.45) is 0. The van der Waals surface area contributed by atoms with Gasteiger partial charge in [0.05, 0.1) is 20.1 Å². The molecule has 0 aliphatic carbocycles. The first kappa shape index (κ1) is 17.1. The van der Waals surface area contributed by atoms with Gasteiger partial charge in [0.2, 0.25) is 0 Å². The number of alkyl halides is 2. The second-order valence-electron chi connectivity index (χ2n) is 4.46. The quantitative estimate of drug-likeness (QED) is 0.269. The lowest BCUT2D eigenvalue weighted by molar-refractivity contribution is -0.385. The Morgan fingerprint density at radius 1 is 1.09 bits per heavy atom. The van der Waals surface area contributed by atoms with Crippen molar-refractivity contribution in [1.82, 2.24) is 0 Å². The third kappa shape index (κ3) is 3.56. The topological polar surface area (TPSA) is 60.2 Å². The van der Waals surface area contributed by atoms with E-state index in [4.69, 9.17) is 11.6 Å². The highest BCUT2D eigenvalue weighted by Gasteiger charge is 2.31. The van der Waals surface area contributed by atoms with Gasteiger partial charge in [0.15, 0.2) is 5.78 Å². The Bertz CT molecular complexity index is 723. The van der Waals surface area contributed by atoms with Gasteiger partial charge in [-0.05, 0) is 17.7 Å². The van der Waals surface area contributed by atoms with Gasteiger partial charge in [-0.1, -0.05) is 73.8 Å². The number of Topliss-reactive ketones (excluding diaryl/α,β-unsaturated/α-hetero) is 1. The Labute approximate surface area is 148 Å². The van der Waals surface area contributed by atoms with Crippen LogP contribution in [0.15, 0.2) is 48.5 Å². The third-order valence-electron chi connectivity index (χ3n) is 3.08. The first-order chi connectivity index (χ1) is 10.4. The van der Waals surface area contributed by atoms with E-state index >= 15 is 0 Å². The molecule has 7 heteroatoms. The van der Waals surface area contributed by atoms with E-state index in [-0.39, 0.29) is 17.0 Å². The molecule has 0 bridgehead atoms. The van der Waals surface area contributed by atoms with Gasteiger partial charge in [-0.2, -0.15) is 0 Å². The van der Waals surface area contributed by atoms with E-state index in [1.165, 1.54) is 18.2 Å². The Morgan fingerprint density at radius 2 is 1.68 bits per heavy atom. The van der Waals surface area contributed by atoms with E-state index in [2.05, 4.69) is 31.9 Å². The summed E-state index contributed by atoms with van der Waals surface area (Å²) in [6, 6.07) is 13.0. The molecular formula is C15H10Br2ClNO3. The number of rotatable bonds is 5. The molecule has 114 valence electrons. The van der Waals surface area contributed by atoms with Gasteiger partial charge >= 0.3 is 0 Å². The van der Waals surface area contributed by atoms with Crippen LogP contribution in [0.2, 0.25) is 5.02 Å². The van der Waals surface area contributed by atoms with E-state index in [0.717, 1.165) is 5.56 Å². The minimum absolute atomic E-state index is 0.0610. The lowest BCUT2D eigenvalue weighted by Crippen LogP contribution is -2.20. The molecule has 0 radical (unpaired) electrons. The van der Waals surface area contributed by atoms with Gasteiger partial charge in [-0.3, -0.25) is 14.9 Å². The normalized spacial score (nSPS) is 13.4. The Kier molecular flexibility index (Phi) is 5.72. The van der Waals surface area contributed by atoms with Crippen LogP contribution in [0.5, 0.6) is 0 Å². The Balaban J connectivity index is 2.34. The van der Waals surface area contributed by atoms with E-state index in [9.17, 15) is 14.9 Å². The zero-order valence-electron chi connectivity index (χ0n) is 11.1. The molecule has 4 nitrogen and oxygen atoms in total. The first-order valence-corrected chi connectivity index (χ1v) is 8.44. The maximum absolute atomic E-state index is 12.6. The van der Waals surface area contributed by atoms with Gasteiger partial charge in [-0.25, -0.2) is 0 Å². The van der Waals surface area contributed by atoms with Crippen molar-refractivity contribution < 1.29 is 9.72 Å².